The van der Waals surface area contributed by atoms with Gasteiger partial charge < -0.3 is 10.0 Å². The molecule has 0 spiro atoms. The van der Waals surface area contributed by atoms with Crippen LogP contribution in [0, 0.1) is 0 Å². The summed E-state index contributed by atoms with van der Waals surface area (Å²) < 4.78 is 0.421. The number of thiocarbonyl (C=S) groups is 1. The number of amides is 1. The van der Waals surface area contributed by atoms with Gasteiger partial charge >= 0.3 is 5.97 Å². The van der Waals surface area contributed by atoms with E-state index in [4.69, 9.17) is 17.3 Å². The van der Waals surface area contributed by atoms with Crippen LogP contribution in [0.4, 0.5) is 5.69 Å². The summed E-state index contributed by atoms with van der Waals surface area (Å²) in [4.78, 5) is 27.5. The van der Waals surface area contributed by atoms with E-state index in [0.717, 1.165) is 18.5 Å². The Balaban J connectivity index is 1.80. The van der Waals surface area contributed by atoms with Crippen molar-refractivity contribution in [2.24, 2.45) is 0 Å². The predicted octanol–water partition coefficient (Wildman–Crippen LogP) is 3.13. The molecule has 0 aromatic heterocycles. The number of hydrogen-bond donors (Lipinski definition) is 1. The third-order valence-corrected chi connectivity index (χ3v) is 5.90. The van der Waals surface area contributed by atoms with Gasteiger partial charge in [0, 0.05) is 24.8 Å². The topological polar surface area (TPSA) is 60.9 Å². The molecule has 1 aromatic rings. The van der Waals surface area contributed by atoms with E-state index in [1.807, 2.05) is 12.1 Å². The molecule has 0 aliphatic carbocycles. The molecule has 1 unspecified atom stereocenters. The monoisotopic (exact) mass is 376 g/mol. The minimum absolute atomic E-state index is 0.108. The summed E-state index contributed by atoms with van der Waals surface area (Å²) in [5.41, 5.74) is 3.54. The molecule has 5 nitrogen and oxygen atoms in total. The van der Waals surface area contributed by atoms with E-state index in [-0.39, 0.29) is 18.9 Å². The molecule has 0 saturated carbocycles. The number of rotatable bonds is 5. The number of carboxylic acid groups (broad SMARTS) is 1. The molecule has 2 heterocycles. The molecular weight excluding hydrogens is 356 g/mol. The number of aliphatic carboxylic acids is 1. The zero-order valence-corrected chi connectivity index (χ0v) is 15.8. The van der Waals surface area contributed by atoms with E-state index in [0.29, 0.717) is 15.3 Å². The van der Waals surface area contributed by atoms with Gasteiger partial charge in [0.25, 0.3) is 5.91 Å². The van der Waals surface area contributed by atoms with E-state index >= 15 is 0 Å². The van der Waals surface area contributed by atoms with Crippen LogP contribution in [0.5, 0.6) is 0 Å². The van der Waals surface area contributed by atoms with Gasteiger partial charge in [0.2, 0.25) is 0 Å². The van der Waals surface area contributed by atoms with Crippen molar-refractivity contribution in [3.63, 3.8) is 0 Å². The van der Waals surface area contributed by atoms with E-state index in [9.17, 15) is 9.59 Å². The summed E-state index contributed by atoms with van der Waals surface area (Å²) in [6.07, 6.45) is 2.74. The van der Waals surface area contributed by atoms with E-state index in [2.05, 4.69) is 30.9 Å². The molecular formula is C18H20N2O3S2. The Morgan fingerprint density at radius 3 is 2.92 bits per heavy atom. The van der Waals surface area contributed by atoms with Gasteiger partial charge in [-0.3, -0.25) is 14.5 Å². The lowest BCUT2D eigenvalue weighted by Crippen LogP contribution is -2.30. The number of fused-ring (bicyclic) bond motifs is 1. The second-order valence-electron chi connectivity index (χ2n) is 6.20. The Morgan fingerprint density at radius 2 is 2.24 bits per heavy atom. The third kappa shape index (κ3) is 3.57. The number of carbonyl (C=O) groups is 2. The normalized spacial score (nSPS) is 21.4. The molecule has 132 valence electrons. The number of carboxylic acids is 1. The number of likely N-dealkylation sites (N-methyl/N-ethyl adjacent to an activating group) is 1. The first-order valence-corrected chi connectivity index (χ1v) is 9.50. The fraction of sp³-hybridized carbons (Fsp3) is 0.389. The van der Waals surface area contributed by atoms with Crippen LogP contribution in [0.1, 0.15) is 31.4 Å². The van der Waals surface area contributed by atoms with Crippen LogP contribution in [-0.2, 0) is 16.0 Å². The van der Waals surface area contributed by atoms with Crippen LogP contribution in [-0.4, -0.2) is 45.3 Å². The van der Waals surface area contributed by atoms with Crippen LogP contribution < -0.4 is 4.90 Å². The van der Waals surface area contributed by atoms with E-state index in [1.54, 1.807) is 0 Å². The van der Waals surface area contributed by atoms with Crippen molar-refractivity contribution in [1.82, 2.24) is 4.90 Å². The van der Waals surface area contributed by atoms with Crippen molar-refractivity contribution in [2.45, 2.75) is 32.7 Å². The molecule has 2 aliphatic rings. The van der Waals surface area contributed by atoms with Gasteiger partial charge in [-0.1, -0.05) is 30.0 Å². The van der Waals surface area contributed by atoms with Gasteiger partial charge in [-0.25, -0.2) is 0 Å². The Labute approximate surface area is 156 Å². The van der Waals surface area contributed by atoms with Crippen molar-refractivity contribution >= 4 is 51.9 Å². The zero-order chi connectivity index (χ0) is 18.1. The standard InChI is InChI=1S/C18H20N2O3S2/c1-3-19-11(2)8-13-9-12(4-5-14(13)19)10-15-17(23)20(18(24)25-15)7-6-16(21)22/h4-5,9-11H,3,6-8H2,1-2H3,(H,21,22)/b15-10+. The second-order valence-corrected chi connectivity index (χ2v) is 7.88. The molecule has 1 fully saturated rings. The molecule has 0 radical (unpaired) electrons. The van der Waals surface area contributed by atoms with Crippen LogP contribution in [0.2, 0.25) is 0 Å². The van der Waals surface area contributed by atoms with E-state index in [1.165, 1.54) is 27.9 Å². The summed E-state index contributed by atoms with van der Waals surface area (Å²) in [6.45, 7) is 5.47. The minimum Gasteiger partial charge on any atom is -0.481 e. The number of anilines is 1. The summed E-state index contributed by atoms with van der Waals surface area (Å²) in [5.74, 6) is -1.15. The summed E-state index contributed by atoms with van der Waals surface area (Å²) in [6, 6.07) is 6.75. The molecule has 1 amide bonds. The van der Waals surface area contributed by atoms with Crippen molar-refractivity contribution in [2.75, 3.05) is 18.0 Å². The highest BCUT2D eigenvalue weighted by molar-refractivity contribution is 8.26. The smallest absolute Gasteiger partial charge is 0.305 e. The number of carbonyl (C=O) groups excluding carboxylic acids is 1. The van der Waals surface area contributed by atoms with Crippen LogP contribution in [0.25, 0.3) is 6.08 Å². The highest BCUT2D eigenvalue weighted by atomic mass is 32.2. The maximum absolute atomic E-state index is 12.5. The second kappa shape index (κ2) is 7.17. The average molecular weight is 377 g/mol. The third-order valence-electron chi connectivity index (χ3n) is 4.52. The van der Waals surface area contributed by atoms with Gasteiger partial charge in [-0.2, -0.15) is 0 Å². The number of benzene rings is 1. The Bertz CT molecular complexity index is 776. The first-order valence-electron chi connectivity index (χ1n) is 8.27. The predicted molar refractivity (Wildman–Crippen MR) is 105 cm³/mol. The van der Waals surface area contributed by atoms with Gasteiger partial charge in [0.05, 0.1) is 11.3 Å². The van der Waals surface area contributed by atoms with Crippen molar-refractivity contribution in [3.05, 3.63) is 34.2 Å². The Hall–Kier alpha value is -1.86. The Morgan fingerprint density at radius 1 is 1.48 bits per heavy atom. The molecule has 1 atom stereocenters. The molecule has 0 bridgehead atoms. The highest BCUT2D eigenvalue weighted by Crippen LogP contribution is 2.35. The Kier molecular flexibility index (Phi) is 5.15. The highest BCUT2D eigenvalue weighted by Gasteiger charge is 2.32. The van der Waals surface area contributed by atoms with Gasteiger partial charge in [0.15, 0.2) is 0 Å². The van der Waals surface area contributed by atoms with Crippen molar-refractivity contribution in [3.8, 4) is 0 Å². The quantitative estimate of drug-likeness (QED) is 0.629. The summed E-state index contributed by atoms with van der Waals surface area (Å²) in [5, 5.41) is 8.79. The largest absolute Gasteiger partial charge is 0.481 e. The van der Waals surface area contributed by atoms with Crippen LogP contribution >= 0.6 is 24.0 Å². The molecule has 2 aliphatic heterocycles. The lowest BCUT2D eigenvalue weighted by molar-refractivity contribution is -0.137. The van der Waals surface area contributed by atoms with Crippen LogP contribution in [0.3, 0.4) is 0 Å². The van der Waals surface area contributed by atoms with Crippen LogP contribution in [0.15, 0.2) is 23.1 Å². The van der Waals surface area contributed by atoms with Crippen molar-refractivity contribution < 1.29 is 14.7 Å². The molecule has 7 heteroatoms. The zero-order valence-electron chi connectivity index (χ0n) is 14.2. The summed E-state index contributed by atoms with van der Waals surface area (Å²) in [7, 11) is 0. The molecule has 1 saturated heterocycles. The van der Waals surface area contributed by atoms with E-state index < -0.39 is 5.97 Å². The van der Waals surface area contributed by atoms with Gasteiger partial charge in [-0.05, 0) is 49.6 Å². The fourth-order valence-corrected chi connectivity index (χ4v) is 4.65. The molecule has 1 N–H and O–H groups in total. The van der Waals surface area contributed by atoms with Gasteiger partial charge in [-0.15, -0.1) is 0 Å². The maximum atomic E-state index is 12.5. The lowest BCUT2D eigenvalue weighted by Gasteiger charge is -2.22. The SMILES string of the molecule is CCN1c2ccc(/C=C3/SC(=S)N(CCC(=O)O)C3=O)cc2CC1C. The molecule has 1 aromatic carbocycles. The van der Waals surface area contributed by atoms with Crippen molar-refractivity contribution in [1.29, 1.82) is 0 Å². The first kappa shape index (κ1) is 17.9. The average Bonchev–Trinajstić information content (AvgIpc) is 3.01. The maximum Gasteiger partial charge on any atom is 0.305 e. The number of nitrogens with zero attached hydrogens (tertiary/aromatic N) is 2. The molecule has 3 rings (SSSR count). The first-order chi connectivity index (χ1) is 11.9. The number of hydrogen-bond acceptors (Lipinski definition) is 5. The van der Waals surface area contributed by atoms with Gasteiger partial charge in [0.1, 0.15) is 4.32 Å². The minimum atomic E-state index is -0.939. The number of thioether (sulfide) groups is 1. The lowest BCUT2D eigenvalue weighted by atomic mass is 10.1. The summed E-state index contributed by atoms with van der Waals surface area (Å²) >= 11 is 6.45. The molecule has 25 heavy (non-hydrogen) atoms. The fourth-order valence-electron chi connectivity index (χ4n) is 3.34.